The van der Waals surface area contributed by atoms with Crippen molar-refractivity contribution in [1.82, 2.24) is 0 Å². The molecular formula is C21H27NO4. The number of hydrogen-bond acceptors (Lipinski definition) is 4. The van der Waals surface area contributed by atoms with E-state index in [1.807, 2.05) is 42.5 Å². The molecule has 0 spiro atoms. The Labute approximate surface area is 155 Å². The summed E-state index contributed by atoms with van der Waals surface area (Å²) in [5, 5.41) is 2.91. The van der Waals surface area contributed by atoms with Crippen LogP contribution < -0.4 is 19.5 Å². The van der Waals surface area contributed by atoms with Crippen molar-refractivity contribution in [1.29, 1.82) is 0 Å². The lowest BCUT2D eigenvalue weighted by Crippen LogP contribution is -2.12. The van der Waals surface area contributed by atoms with E-state index in [0.717, 1.165) is 29.8 Å². The minimum atomic E-state index is -0.0283. The maximum atomic E-state index is 12.2. The van der Waals surface area contributed by atoms with E-state index in [1.54, 1.807) is 14.2 Å². The first-order valence-corrected chi connectivity index (χ1v) is 8.90. The predicted molar refractivity (Wildman–Crippen MR) is 103 cm³/mol. The van der Waals surface area contributed by atoms with Crippen LogP contribution in [0.5, 0.6) is 17.2 Å². The Hall–Kier alpha value is -2.69. The lowest BCUT2D eigenvalue weighted by Gasteiger charge is -2.10. The van der Waals surface area contributed by atoms with Crippen LogP contribution in [0.15, 0.2) is 42.5 Å². The van der Waals surface area contributed by atoms with Gasteiger partial charge in [-0.15, -0.1) is 0 Å². The zero-order valence-corrected chi connectivity index (χ0v) is 15.7. The van der Waals surface area contributed by atoms with Crippen LogP contribution in [0.3, 0.4) is 0 Å². The number of aryl methyl sites for hydroxylation is 1. The highest BCUT2D eigenvalue weighted by Crippen LogP contribution is 2.28. The fraction of sp³-hybridized carbons (Fsp3) is 0.381. The molecule has 0 aromatic heterocycles. The standard InChI is InChI=1S/C21H27NO4/c1-4-5-14-26-18-10-8-17(9-11-18)22-21(23)13-7-16-6-12-19(24-2)20(15-16)25-3/h6,8-12,15H,4-5,7,13-14H2,1-3H3,(H,22,23). The van der Waals surface area contributed by atoms with Crippen LogP contribution in [0.25, 0.3) is 0 Å². The number of amides is 1. The molecule has 2 aromatic carbocycles. The lowest BCUT2D eigenvalue weighted by atomic mass is 10.1. The molecule has 0 aliphatic carbocycles. The maximum Gasteiger partial charge on any atom is 0.224 e. The van der Waals surface area contributed by atoms with Gasteiger partial charge in [-0.05, 0) is 54.8 Å². The molecule has 0 unspecified atom stereocenters. The molecule has 0 saturated carbocycles. The third kappa shape index (κ3) is 5.99. The second-order valence-corrected chi connectivity index (χ2v) is 5.96. The number of methoxy groups -OCH3 is 2. The van der Waals surface area contributed by atoms with Gasteiger partial charge in [0.1, 0.15) is 5.75 Å². The Bertz CT molecular complexity index is 698. The van der Waals surface area contributed by atoms with Gasteiger partial charge in [0, 0.05) is 12.1 Å². The lowest BCUT2D eigenvalue weighted by molar-refractivity contribution is -0.116. The normalized spacial score (nSPS) is 10.3. The van der Waals surface area contributed by atoms with E-state index < -0.39 is 0 Å². The van der Waals surface area contributed by atoms with E-state index in [2.05, 4.69) is 12.2 Å². The third-order valence-electron chi connectivity index (χ3n) is 3.99. The molecule has 0 atom stereocenters. The number of unbranched alkanes of at least 4 members (excludes halogenated alkanes) is 1. The summed E-state index contributed by atoms with van der Waals surface area (Å²) < 4.78 is 16.1. The fourth-order valence-electron chi connectivity index (χ4n) is 2.49. The van der Waals surface area contributed by atoms with Gasteiger partial charge in [-0.2, -0.15) is 0 Å². The van der Waals surface area contributed by atoms with Gasteiger partial charge in [0.2, 0.25) is 5.91 Å². The monoisotopic (exact) mass is 357 g/mol. The van der Waals surface area contributed by atoms with Gasteiger partial charge in [0.15, 0.2) is 11.5 Å². The molecule has 140 valence electrons. The molecule has 0 bridgehead atoms. The van der Waals surface area contributed by atoms with Crippen molar-refractivity contribution in [2.45, 2.75) is 32.6 Å². The van der Waals surface area contributed by atoms with Crippen LogP contribution in [0.4, 0.5) is 5.69 Å². The molecule has 0 aliphatic rings. The molecule has 1 N–H and O–H groups in total. The van der Waals surface area contributed by atoms with Crippen LogP contribution in [0.2, 0.25) is 0 Å². The van der Waals surface area contributed by atoms with Crippen LogP contribution in [-0.2, 0) is 11.2 Å². The Morgan fingerprint density at radius 2 is 1.73 bits per heavy atom. The van der Waals surface area contributed by atoms with Crippen LogP contribution >= 0.6 is 0 Å². The average molecular weight is 357 g/mol. The number of carbonyl (C=O) groups is 1. The predicted octanol–water partition coefficient (Wildman–Crippen LogP) is 4.45. The number of hydrogen-bond donors (Lipinski definition) is 1. The summed E-state index contributed by atoms with van der Waals surface area (Å²) in [6.45, 7) is 2.84. The van der Waals surface area contributed by atoms with E-state index in [1.165, 1.54) is 0 Å². The second-order valence-electron chi connectivity index (χ2n) is 5.96. The Morgan fingerprint density at radius 1 is 1.00 bits per heavy atom. The molecule has 1 amide bonds. The highest BCUT2D eigenvalue weighted by Gasteiger charge is 2.07. The van der Waals surface area contributed by atoms with E-state index in [9.17, 15) is 4.79 Å². The van der Waals surface area contributed by atoms with E-state index in [4.69, 9.17) is 14.2 Å². The summed E-state index contributed by atoms with van der Waals surface area (Å²) in [6.07, 6.45) is 3.16. The summed E-state index contributed by atoms with van der Waals surface area (Å²) in [6, 6.07) is 13.2. The highest BCUT2D eigenvalue weighted by molar-refractivity contribution is 5.90. The summed E-state index contributed by atoms with van der Waals surface area (Å²) in [5.41, 5.74) is 1.79. The molecule has 2 aromatic rings. The molecule has 0 saturated heterocycles. The smallest absolute Gasteiger partial charge is 0.224 e. The summed E-state index contributed by atoms with van der Waals surface area (Å²) in [5.74, 6) is 2.15. The SMILES string of the molecule is CCCCOc1ccc(NC(=O)CCc2ccc(OC)c(OC)c2)cc1. The molecule has 0 aliphatic heterocycles. The third-order valence-corrected chi connectivity index (χ3v) is 3.99. The number of rotatable bonds is 10. The number of anilines is 1. The molecule has 0 fully saturated rings. The van der Waals surface area contributed by atoms with Crippen molar-refractivity contribution in [2.75, 3.05) is 26.1 Å². The minimum absolute atomic E-state index is 0.0283. The van der Waals surface area contributed by atoms with Crippen LogP contribution in [0.1, 0.15) is 31.7 Å². The zero-order chi connectivity index (χ0) is 18.8. The Kier molecular flexibility index (Phi) is 7.80. The van der Waals surface area contributed by atoms with Crippen molar-refractivity contribution >= 4 is 11.6 Å². The average Bonchev–Trinajstić information content (AvgIpc) is 2.67. The summed E-state index contributed by atoms with van der Waals surface area (Å²) in [4.78, 5) is 12.2. The Morgan fingerprint density at radius 3 is 2.38 bits per heavy atom. The number of nitrogens with one attached hydrogen (secondary N) is 1. The zero-order valence-electron chi connectivity index (χ0n) is 15.7. The molecular weight excluding hydrogens is 330 g/mol. The van der Waals surface area contributed by atoms with E-state index in [-0.39, 0.29) is 5.91 Å². The van der Waals surface area contributed by atoms with Gasteiger partial charge in [-0.1, -0.05) is 19.4 Å². The first kappa shape index (κ1) is 19.6. The second kappa shape index (κ2) is 10.3. The Balaban J connectivity index is 1.83. The largest absolute Gasteiger partial charge is 0.494 e. The van der Waals surface area contributed by atoms with Crippen molar-refractivity contribution in [3.8, 4) is 17.2 Å². The highest BCUT2D eigenvalue weighted by atomic mass is 16.5. The summed E-state index contributed by atoms with van der Waals surface area (Å²) >= 11 is 0. The first-order valence-electron chi connectivity index (χ1n) is 8.90. The fourth-order valence-corrected chi connectivity index (χ4v) is 2.49. The molecule has 5 heteroatoms. The van der Waals surface area contributed by atoms with Crippen LogP contribution in [-0.4, -0.2) is 26.7 Å². The van der Waals surface area contributed by atoms with Gasteiger partial charge >= 0.3 is 0 Å². The van der Waals surface area contributed by atoms with Crippen molar-refractivity contribution < 1.29 is 19.0 Å². The van der Waals surface area contributed by atoms with E-state index in [0.29, 0.717) is 30.9 Å². The van der Waals surface area contributed by atoms with E-state index >= 15 is 0 Å². The van der Waals surface area contributed by atoms with Gasteiger partial charge < -0.3 is 19.5 Å². The molecule has 0 heterocycles. The first-order chi connectivity index (χ1) is 12.7. The summed E-state index contributed by atoms with van der Waals surface area (Å²) in [7, 11) is 3.20. The number of ether oxygens (including phenoxy) is 3. The van der Waals surface area contributed by atoms with Gasteiger partial charge in [-0.25, -0.2) is 0 Å². The molecule has 0 radical (unpaired) electrons. The van der Waals surface area contributed by atoms with Gasteiger partial charge in [0.05, 0.1) is 20.8 Å². The molecule has 2 rings (SSSR count). The maximum absolute atomic E-state index is 12.2. The minimum Gasteiger partial charge on any atom is -0.494 e. The van der Waals surface area contributed by atoms with Crippen molar-refractivity contribution in [3.63, 3.8) is 0 Å². The van der Waals surface area contributed by atoms with Crippen molar-refractivity contribution in [3.05, 3.63) is 48.0 Å². The van der Waals surface area contributed by atoms with Gasteiger partial charge in [-0.3, -0.25) is 4.79 Å². The quantitative estimate of drug-likeness (QED) is 0.638. The van der Waals surface area contributed by atoms with Crippen LogP contribution in [0, 0.1) is 0 Å². The number of carbonyl (C=O) groups excluding carboxylic acids is 1. The van der Waals surface area contributed by atoms with Crippen molar-refractivity contribution in [2.24, 2.45) is 0 Å². The molecule has 5 nitrogen and oxygen atoms in total. The van der Waals surface area contributed by atoms with Gasteiger partial charge in [0.25, 0.3) is 0 Å². The number of benzene rings is 2. The topological polar surface area (TPSA) is 56.8 Å². The molecule has 26 heavy (non-hydrogen) atoms.